The normalized spacial score (nSPS) is 12.3. The van der Waals surface area contributed by atoms with Crippen molar-refractivity contribution in [3.8, 4) is 0 Å². The third-order valence-corrected chi connectivity index (χ3v) is 4.24. The second-order valence-corrected chi connectivity index (χ2v) is 5.85. The van der Waals surface area contributed by atoms with Gasteiger partial charge in [0.2, 0.25) is 5.91 Å². The third-order valence-electron chi connectivity index (χ3n) is 2.48. The molecule has 2 rings (SSSR count). The van der Waals surface area contributed by atoms with Gasteiger partial charge in [-0.1, -0.05) is 22.0 Å². The van der Waals surface area contributed by atoms with E-state index in [0.29, 0.717) is 16.0 Å². The van der Waals surface area contributed by atoms with E-state index in [-0.39, 0.29) is 5.56 Å². The highest BCUT2D eigenvalue weighted by atomic mass is 79.9. The first-order valence-corrected chi connectivity index (χ1v) is 7.30. The van der Waals surface area contributed by atoms with Crippen LogP contribution >= 0.6 is 27.7 Å². The molecule has 0 fully saturated rings. The standard InChI is InChI=1S/C13H11BrFNO2S/c14-8-3-4-10(11(15)6-8)12(13(16)17)19-7-9-2-1-5-18-9/h1-6,12H,7H2,(H2,16,17). The molecule has 1 atom stereocenters. The van der Waals surface area contributed by atoms with Gasteiger partial charge in [-0.3, -0.25) is 4.79 Å². The van der Waals surface area contributed by atoms with E-state index in [1.807, 2.05) is 0 Å². The maximum atomic E-state index is 13.9. The van der Waals surface area contributed by atoms with Crippen molar-refractivity contribution in [1.29, 1.82) is 0 Å². The summed E-state index contributed by atoms with van der Waals surface area (Å²) in [7, 11) is 0. The number of amides is 1. The summed E-state index contributed by atoms with van der Waals surface area (Å²) in [6, 6.07) is 8.11. The largest absolute Gasteiger partial charge is 0.468 e. The van der Waals surface area contributed by atoms with E-state index >= 15 is 0 Å². The van der Waals surface area contributed by atoms with E-state index in [9.17, 15) is 9.18 Å². The summed E-state index contributed by atoms with van der Waals surface area (Å²) < 4.78 is 19.6. The predicted molar refractivity (Wildman–Crippen MR) is 76.0 cm³/mol. The van der Waals surface area contributed by atoms with E-state index in [1.165, 1.54) is 17.8 Å². The van der Waals surface area contributed by atoms with Crippen LogP contribution in [0.4, 0.5) is 4.39 Å². The van der Waals surface area contributed by atoms with Gasteiger partial charge < -0.3 is 10.2 Å². The highest BCUT2D eigenvalue weighted by molar-refractivity contribution is 9.10. The fraction of sp³-hybridized carbons (Fsp3) is 0.154. The summed E-state index contributed by atoms with van der Waals surface area (Å²) in [5.74, 6) is 0.146. The summed E-state index contributed by atoms with van der Waals surface area (Å²) in [5.41, 5.74) is 5.63. The lowest BCUT2D eigenvalue weighted by Gasteiger charge is -2.13. The summed E-state index contributed by atoms with van der Waals surface area (Å²) >= 11 is 4.41. The first-order chi connectivity index (χ1) is 9.08. The van der Waals surface area contributed by atoms with Crippen LogP contribution in [-0.2, 0) is 10.5 Å². The molecule has 100 valence electrons. The maximum absolute atomic E-state index is 13.9. The number of rotatable bonds is 5. The van der Waals surface area contributed by atoms with Crippen molar-refractivity contribution in [1.82, 2.24) is 0 Å². The van der Waals surface area contributed by atoms with Crippen molar-refractivity contribution in [3.05, 3.63) is 58.2 Å². The highest BCUT2D eigenvalue weighted by Crippen LogP contribution is 2.33. The number of benzene rings is 1. The van der Waals surface area contributed by atoms with Gasteiger partial charge in [0.05, 0.1) is 12.0 Å². The zero-order valence-corrected chi connectivity index (χ0v) is 12.2. The average molecular weight is 344 g/mol. The minimum Gasteiger partial charge on any atom is -0.468 e. The van der Waals surface area contributed by atoms with Crippen LogP contribution in [0.25, 0.3) is 0 Å². The van der Waals surface area contributed by atoms with Crippen molar-refractivity contribution in [2.45, 2.75) is 11.0 Å². The van der Waals surface area contributed by atoms with Gasteiger partial charge in [-0.05, 0) is 24.3 Å². The van der Waals surface area contributed by atoms with Crippen LogP contribution in [0.3, 0.4) is 0 Å². The van der Waals surface area contributed by atoms with Crippen molar-refractivity contribution in [3.63, 3.8) is 0 Å². The van der Waals surface area contributed by atoms with Crippen LogP contribution in [0.15, 0.2) is 45.5 Å². The van der Waals surface area contributed by atoms with Crippen molar-refractivity contribution < 1.29 is 13.6 Å². The van der Waals surface area contributed by atoms with Gasteiger partial charge in [0, 0.05) is 10.0 Å². The van der Waals surface area contributed by atoms with Crippen molar-refractivity contribution in [2.24, 2.45) is 5.73 Å². The molecular weight excluding hydrogens is 333 g/mol. The van der Waals surface area contributed by atoms with Crippen LogP contribution in [0.5, 0.6) is 0 Å². The Morgan fingerprint density at radius 2 is 2.26 bits per heavy atom. The molecule has 1 amide bonds. The van der Waals surface area contributed by atoms with Gasteiger partial charge in [-0.25, -0.2) is 4.39 Å². The van der Waals surface area contributed by atoms with Crippen molar-refractivity contribution >= 4 is 33.6 Å². The van der Waals surface area contributed by atoms with Crippen LogP contribution < -0.4 is 5.73 Å². The second kappa shape index (κ2) is 6.25. The maximum Gasteiger partial charge on any atom is 0.235 e. The molecule has 1 heterocycles. The van der Waals surface area contributed by atoms with E-state index in [1.54, 1.807) is 30.5 Å². The molecule has 0 aliphatic carbocycles. The van der Waals surface area contributed by atoms with E-state index in [2.05, 4.69) is 15.9 Å². The first-order valence-electron chi connectivity index (χ1n) is 5.46. The summed E-state index contributed by atoms with van der Waals surface area (Å²) in [6.07, 6.45) is 1.55. The number of primary amides is 1. The third kappa shape index (κ3) is 3.61. The van der Waals surface area contributed by atoms with Crippen LogP contribution in [0.2, 0.25) is 0 Å². The summed E-state index contributed by atoms with van der Waals surface area (Å²) in [5, 5.41) is -0.738. The number of nitrogens with two attached hydrogens (primary N) is 1. The Bertz CT molecular complexity index is 574. The Morgan fingerprint density at radius 1 is 1.47 bits per heavy atom. The number of carbonyl (C=O) groups is 1. The molecule has 0 bridgehead atoms. The number of hydrogen-bond donors (Lipinski definition) is 1. The molecule has 0 radical (unpaired) electrons. The Hall–Kier alpha value is -1.27. The van der Waals surface area contributed by atoms with Gasteiger partial charge in [0.25, 0.3) is 0 Å². The molecule has 0 spiro atoms. The molecule has 19 heavy (non-hydrogen) atoms. The lowest BCUT2D eigenvalue weighted by atomic mass is 10.1. The second-order valence-electron chi connectivity index (χ2n) is 3.84. The number of thioether (sulfide) groups is 1. The molecule has 2 aromatic rings. The Balaban J connectivity index is 2.17. The topological polar surface area (TPSA) is 56.2 Å². The molecule has 0 saturated heterocycles. The average Bonchev–Trinajstić information content (AvgIpc) is 2.84. The predicted octanol–water partition coefficient (Wildman–Crippen LogP) is 3.64. The lowest BCUT2D eigenvalue weighted by Crippen LogP contribution is -2.20. The minimum atomic E-state index is -0.738. The van der Waals surface area contributed by atoms with Gasteiger partial charge in [0.1, 0.15) is 16.8 Å². The van der Waals surface area contributed by atoms with Crippen molar-refractivity contribution in [2.75, 3.05) is 0 Å². The fourth-order valence-electron chi connectivity index (χ4n) is 1.60. The van der Waals surface area contributed by atoms with Gasteiger partial charge in [0.15, 0.2) is 0 Å². The summed E-state index contributed by atoms with van der Waals surface area (Å²) in [6.45, 7) is 0. The molecule has 1 aromatic carbocycles. The Kier molecular flexibility index (Phi) is 4.66. The molecule has 6 heteroatoms. The SMILES string of the molecule is NC(=O)C(SCc1ccco1)c1ccc(Br)cc1F. The highest BCUT2D eigenvalue weighted by Gasteiger charge is 2.22. The fourth-order valence-corrected chi connectivity index (χ4v) is 2.96. The molecule has 0 saturated carbocycles. The van der Waals surface area contributed by atoms with Crippen LogP contribution in [0.1, 0.15) is 16.6 Å². The molecule has 2 N–H and O–H groups in total. The molecule has 0 aliphatic rings. The minimum absolute atomic E-state index is 0.284. The van der Waals surface area contributed by atoms with Gasteiger partial charge >= 0.3 is 0 Å². The Morgan fingerprint density at radius 3 is 2.84 bits per heavy atom. The number of halogens is 2. The van der Waals surface area contributed by atoms with Gasteiger partial charge in [-0.2, -0.15) is 0 Å². The number of carbonyl (C=O) groups excluding carboxylic acids is 1. The Labute approximate surface area is 122 Å². The van der Waals surface area contributed by atoms with Gasteiger partial charge in [-0.15, -0.1) is 11.8 Å². The van der Waals surface area contributed by atoms with Crippen LogP contribution in [0, 0.1) is 5.82 Å². The summed E-state index contributed by atoms with van der Waals surface area (Å²) in [4.78, 5) is 11.5. The zero-order valence-electron chi connectivity index (χ0n) is 9.81. The van der Waals surface area contributed by atoms with E-state index in [4.69, 9.17) is 10.2 Å². The monoisotopic (exact) mass is 343 g/mol. The molecule has 3 nitrogen and oxygen atoms in total. The molecular formula is C13H11BrFNO2S. The molecule has 1 aromatic heterocycles. The molecule has 1 unspecified atom stereocenters. The quantitative estimate of drug-likeness (QED) is 0.901. The van der Waals surface area contributed by atoms with E-state index in [0.717, 1.165) is 0 Å². The number of hydrogen-bond acceptors (Lipinski definition) is 3. The zero-order chi connectivity index (χ0) is 13.8. The van der Waals surface area contributed by atoms with E-state index < -0.39 is 17.0 Å². The first kappa shape index (κ1) is 14.1. The molecule has 0 aliphatic heterocycles. The smallest absolute Gasteiger partial charge is 0.235 e. The number of furan rings is 1. The lowest BCUT2D eigenvalue weighted by molar-refractivity contribution is -0.117. The van der Waals surface area contributed by atoms with Crippen LogP contribution in [-0.4, -0.2) is 5.91 Å².